The average molecular weight is 337 g/mol. The van der Waals surface area contributed by atoms with Crippen molar-refractivity contribution in [1.82, 2.24) is 4.90 Å². The smallest absolute Gasteiger partial charge is 0.233 e. The molecular formula is C22H27NO2. The summed E-state index contributed by atoms with van der Waals surface area (Å²) in [6, 6.07) is 0. The van der Waals surface area contributed by atoms with E-state index in [1.807, 2.05) is 0 Å². The fraction of sp³-hybridized carbons (Fsp3) is 0.818. The first-order valence-corrected chi connectivity index (χ1v) is 10.7. The first-order chi connectivity index (χ1) is 12.1. The number of likely N-dealkylation sites (tertiary alicyclic amines) is 1. The minimum Gasteiger partial charge on any atom is -0.282 e. The molecule has 6 atom stereocenters. The van der Waals surface area contributed by atoms with Gasteiger partial charge in [-0.2, -0.15) is 0 Å². The van der Waals surface area contributed by atoms with Crippen LogP contribution in [-0.2, 0) is 9.59 Å². The van der Waals surface area contributed by atoms with Crippen LogP contribution < -0.4 is 0 Å². The molecule has 9 aliphatic rings. The number of hydrogen-bond donors (Lipinski definition) is 0. The molecule has 2 amide bonds. The van der Waals surface area contributed by atoms with E-state index in [0.29, 0.717) is 23.7 Å². The summed E-state index contributed by atoms with van der Waals surface area (Å²) >= 11 is 0. The third-order valence-corrected chi connectivity index (χ3v) is 9.41. The SMILES string of the molecule is O=C1[C@@H]2[C@H]3C=C[C@@H]([C@@H]4C[C@@H]34)[C@@H]2C(=O)N1CC12CC3CC(CC(C3)C1)C2. The molecule has 1 aliphatic heterocycles. The Morgan fingerprint density at radius 2 is 1.28 bits per heavy atom. The van der Waals surface area contributed by atoms with Crippen molar-refractivity contribution in [2.24, 2.45) is 58.7 Å². The van der Waals surface area contributed by atoms with E-state index in [0.717, 1.165) is 24.3 Å². The second-order valence-corrected chi connectivity index (χ2v) is 10.8. The van der Waals surface area contributed by atoms with Gasteiger partial charge in [0.2, 0.25) is 11.8 Å². The van der Waals surface area contributed by atoms with Crippen molar-refractivity contribution < 1.29 is 9.59 Å². The third-order valence-electron chi connectivity index (χ3n) is 9.41. The van der Waals surface area contributed by atoms with E-state index >= 15 is 0 Å². The number of allylic oxidation sites excluding steroid dienone is 2. The van der Waals surface area contributed by atoms with Gasteiger partial charge in [0.05, 0.1) is 11.8 Å². The summed E-state index contributed by atoms with van der Waals surface area (Å²) in [7, 11) is 0. The molecule has 1 heterocycles. The maximum Gasteiger partial charge on any atom is 0.233 e. The Kier molecular flexibility index (Phi) is 2.37. The van der Waals surface area contributed by atoms with Crippen LogP contribution in [0.5, 0.6) is 0 Å². The van der Waals surface area contributed by atoms with Crippen LogP contribution in [-0.4, -0.2) is 23.3 Å². The van der Waals surface area contributed by atoms with Crippen LogP contribution in [0.25, 0.3) is 0 Å². The molecule has 0 aromatic rings. The Hall–Kier alpha value is -1.12. The summed E-state index contributed by atoms with van der Waals surface area (Å²) in [6.45, 7) is 0.760. The summed E-state index contributed by atoms with van der Waals surface area (Å²) in [5.41, 5.74) is 0.281. The Labute approximate surface area is 149 Å². The molecular weight excluding hydrogens is 310 g/mol. The summed E-state index contributed by atoms with van der Waals surface area (Å²) in [6.07, 6.45) is 13.9. The highest BCUT2D eigenvalue weighted by Gasteiger charge is 2.67. The Balaban J connectivity index is 1.21. The van der Waals surface area contributed by atoms with Gasteiger partial charge in [0.25, 0.3) is 0 Å². The van der Waals surface area contributed by atoms with Gasteiger partial charge in [0.1, 0.15) is 0 Å². The maximum atomic E-state index is 13.3. The molecule has 25 heavy (non-hydrogen) atoms. The van der Waals surface area contributed by atoms with Crippen LogP contribution in [0, 0.1) is 58.7 Å². The maximum absolute atomic E-state index is 13.3. The van der Waals surface area contributed by atoms with Crippen LogP contribution in [0.2, 0.25) is 0 Å². The number of carbonyl (C=O) groups is 2. The summed E-state index contributed by atoms with van der Waals surface area (Å²) in [5.74, 6) is 5.23. The zero-order valence-corrected chi connectivity index (χ0v) is 14.8. The number of hydrogen-bond acceptors (Lipinski definition) is 2. The van der Waals surface area contributed by atoms with E-state index in [1.54, 1.807) is 4.90 Å². The predicted octanol–water partition coefficient (Wildman–Crippen LogP) is 3.26. The lowest BCUT2D eigenvalue weighted by Crippen LogP contribution is -2.52. The number of rotatable bonds is 2. The topological polar surface area (TPSA) is 37.4 Å². The molecule has 3 nitrogen and oxygen atoms in total. The Morgan fingerprint density at radius 1 is 0.800 bits per heavy atom. The van der Waals surface area contributed by atoms with Gasteiger partial charge in [0.15, 0.2) is 0 Å². The van der Waals surface area contributed by atoms with E-state index in [1.165, 1.54) is 44.9 Å². The molecule has 0 N–H and O–H groups in total. The highest BCUT2D eigenvalue weighted by atomic mass is 16.2. The first kappa shape index (κ1) is 14.0. The minimum absolute atomic E-state index is 0.000150. The van der Waals surface area contributed by atoms with E-state index in [-0.39, 0.29) is 29.1 Å². The highest BCUT2D eigenvalue weighted by molar-refractivity contribution is 6.06. The van der Waals surface area contributed by atoms with Gasteiger partial charge in [-0.15, -0.1) is 0 Å². The number of nitrogens with zero attached hydrogens (tertiary/aromatic N) is 1. The lowest BCUT2D eigenvalue weighted by atomic mass is 9.49. The molecule has 8 aliphatic carbocycles. The van der Waals surface area contributed by atoms with Gasteiger partial charge in [-0.05, 0) is 91.8 Å². The van der Waals surface area contributed by atoms with Crippen molar-refractivity contribution >= 4 is 11.8 Å². The summed E-state index contributed by atoms with van der Waals surface area (Å²) < 4.78 is 0. The Morgan fingerprint density at radius 3 is 1.76 bits per heavy atom. The molecule has 9 rings (SSSR count). The van der Waals surface area contributed by atoms with Crippen LogP contribution in [0.15, 0.2) is 12.2 Å². The third kappa shape index (κ3) is 1.64. The largest absolute Gasteiger partial charge is 0.282 e. The predicted molar refractivity (Wildman–Crippen MR) is 92.0 cm³/mol. The molecule has 132 valence electrons. The fourth-order valence-corrected chi connectivity index (χ4v) is 8.99. The second kappa shape index (κ2) is 4.23. The van der Waals surface area contributed by atoms with Gasteiger partial charge in [-0.25, -0.2) is 0 Å². The highest BCUT2D eigenvalue weighted by Crippen LogP contribution is 2.66. The van der Waals surface area contributed by atoms with Crippen molar-refractivity contribution in [2.45, 2.75) is 44.9 Å². The molecule has 6 bridgehead atoms. The molecule has 0 aromatic heterocycles. The van der Waals surface area contributed by atoms with Crippen molar-refractivity contribution in [2.75, 3.05) is 6.54 Å². The van der Waals surface area contributed by atoms with Crippen LogP contribution in [0.3, 0.4) is 0 Å². The molecule has 7 fully saturated rings. The standard InChI is InChI=1S/C22H27NO2/c24-20-18-14-1-2-15(17-6-16(14)17)19(18)21(25)23(20)10-22-7-11-3-12(8-22)5-13(4-11)9-22/h1-2,11-19H,3-10H2/t11?,12?,13?,14-,15-,16-,17-,18-,19+,22?/m0/s1. The molecule has 0 aromatic carbocycles. The number of carbonyl (C=O) groups excluding carboxylic acids is 2. The van der Waals surface area contributed by atoms with Crippen LogP contribution in [0.1, 0.15) is 44.9 Å². The number of imide groups is 1. The van der Waals surface area contributed by atoms with Crippen molar-refractivity contribution in [3.8, 4) is 0 Å². The quantitative estimate of drug-likeness (QED) is 0.573. The summed E-state index contributed by atoms with van der Waals surface area (Å²) in [5, 5.41) is 0. The van der Waals surface area contributed by atoms with E-state index in [9.17, 15) is 9.59 Å². The minimum atomic E-state index is 0.000150. The molecule has 6 saturated carbocycles. The monoisotopic (exact) mass is 337 g/mol. The van der Waals surface area contributed by atoms with Crippen molar-refractivity contribution in [1.29, 1.82) is 0 Å². The van der Waals surface area contributed by atoms with Crippen LogP contribution in [0.4, 0.5) is 0 Å². The molecule has 0 spiro atoms. The van der Waals surface area contributed by atoms with E-state index in [2.05, 4.69) is 12.2 Å². The van der Waals surface area contributed by atoms with Crippen LogP contribution >= 0.6 is 0 Å². The lowest BCUT2D eigenvalue weighted by molar-refractivity contribution is -0.146. The Bertz CT molecular complexity index is 652. The average Bonchev–Trinajstić information content (AvgIpc) is 3.35. The van der Waals surface area contributed by atoms with E-state index < -0.39 is 0 Å². The molecule has 0 unspecified atom stereocenters. The lowest BCUT2D eigenvalue weighted by Gasteiger charge is -2.57. The molecule has 3 heteroatoms. The normalized spacial score (nSPS) is 59.5. The number of amides is 2. The first-order valence-electron chi connectivity index (χ1n) is 10.7. The molecule has 1 saturated heterocycles. The van der Waals surface area contributed by atoms with Crippen molar-refractivity contribution in [3.63, 3.8) is 0 Å². The molecule has 0 radical (unpaired) electrons. The van der Waals surface area contributed by atoms with Gasteiger partial charge in [-0.1, -0.05) is 12.2 Å². The summed E-state index contributed by atoms with van der Waals surface area (Å²) in [4.78, 5) is 28.4. The van der Waals surface area contributed by atoms with Gasteiger partial charge in [0, 0.05) is 6.54 Å². The van der Waals surface area contributed by atoms with Gasteiger partial charge >= 0.3 is 0 Å². The van der Waals surface area contributed by atoms with Gasteiger partial charge in [-0.3, -0.25) is 14.5 Å². The second-order valence-electron chi connectivity index (χ2n) is 10.8. The van der Waals surface area contributed by atoms with E-state index in [4.69, 9.17) is 0 Å². The van der Waals surface area contributed by atoms with Gasteiger partial charge < -0.3 is 0 Å². The zero-order chi connectivity index (χ0) is 16.5. The fourth-order valence-electron chi connectivity index (χ4n) is 8.99. The van der Waals surface area contributed by atoms with Crippen molar-refractivity contribution in [3.05, 3.63) is 12.2 Å². The zero-order valence-electron chi connectivity index (χ0n) is 14.8.